The summed E-state index contributed by atoms with van der Waals surface area (Å²) in [6.07, 6.45) is 0. The van der Waals surface area contributed by atoms with Gasteiger partial charge in [0.25, 0.3) is 0 Å². The number of rotatable bonds is 4. The molecule has 0 fully saturated rings. The highest BCUT2D eigenvalue weighted by Gasteiger charge is 2.21. The predicted octanol–water partition coefficient (Wildman–Crippen LogP) is 12.6. The smallest absolute Gasteiger partial charge is 0.0540 e. The van der Waals surface area contributed by atoms with Gasteiger partial charge in [-0.2, -0.15) is 0 Å². The third kappa shape index (κ3) is 3.66. The van der Waals surface area contributed by atoms with E-state index in [1.54, 1.807) is 0 Å². The normalized spacial score (nSPS) is 12.1. The number of nitrogens with zero attached hydrogens (tertiary/aromatic N) is 1. The molecule has 44 heavy (non-hydrogen) atoms. The molecule has 1 heteroatoms. The van der Waals surface area contributed by atoms with Crippen LogP contribution in [0.2, 0.25) is 0 Å². The second kappa shape index (κ2) is 9.56. The van der Waals surface area contributed by atoms with Gasteiger partial charge in [-0.15, -0.1) is 0 Å². The molecule has 9 aromatic rings. The second-order valence-corrected chi connectivity index (χ2v) is 12.4. The van der Waals surface area contributed by atoms with Crippen LogP contribution in [-0.4, -0.2) is 0 Å². The van der Waals surface area contributed by atoms with E-state index in [0.717, 1.165) is 5.69 Å². The van der Waals surface area contributed by atoms with Crippen LogP contribution in [0.3, 0.4) is 0 Å². The Morgan fingerprint density at radius 1 is 0.386 bits per heavy atom. The van der Waals surface area contributed by atoms with E-state index >= 15 is 0 Å². The third-order valence-corrected chi connectivity index (χ3v) is 9.48. The summed E-state index contributed by atoms with van der Waals surface area (Å²) < 4.78 is 0. The minimum atomic E-state index is 0.470. The van der Waals surface area contributed by atoms with Crippen LogP contribution in [0.4, 0.5) is 17.1 Å². The van der Waals surface area contributed by atoms with E-state index in [9.17, 15) is 0 Å². The molecule has 9 rings (SSSR count). The maximum atomic E-state index is 2.48. The zero-order valence-corrected chi connectivity index (χ0v) is 24.9. The van der Waals surface area contributed by atoms with Gasteiger partial charge in [-0.3, -0.25) is 0 Å². The number of hydrogen-bond donors (Lipinski definition) is 0. The summed E-state index contributed by atoms with van der Waals surface area (Å²) in [6, 6.07) is 54.1. The lowest BCUT2D eigenvalue weighted by Crippen LogP contribution is -2.11. The van der Waals surface area contributed by atoms with Crippen LogP contribution < -0.4 is 4.90 Å². The molecule has 1 nitrogen and oxygen atoms in total. The van der Waals surface area contributed by atoms with Crippen molar-refractivity contribution in [2.75, 3.05) is 4.90 Å². The maximum absolute atomic E-state index is 2.48. The summed E-state index contributed by atoms with van der Waals surface area (Å²) in [6.45, 7) is 4.58. The van der Waals surface area contributed by atoms with Gasteiger partial charge in [0.2, 0.25) is 0 Å². The topological polar surface area (TPSA) is 3.24 Å². The number of hydrogen-bond acceptors (Lipinski definition) is 1. The van der Waals surface area contributed by atoms with Crippen molar-refractivity contribution in [3.8, 4) is 0 Å². The van der Waals surface area contributed by atoms with Crippen molar-refractivity contribution in [2.24, 2.45) is 0 Å². The van der Waals surface area contributed by atoms with Crippen LogP contribution in [0.1, 0.15) is 25.3 Å². The van der Waals surface area contributed by atoms with Crippen LogP contribution >= 0.6 is 0 Å². The van der Waals surface area contributed by atoms with E-state index < -0.39 is 0 Å². The Morgan fingerprint density at radius 3 is 1.43 bits per heavy atom. The first-order valence-corrected chi connectivity index (χ1v) is 15.6. The zero-order valence-electron chi connectivity index (χ0n) is 24.9. The molecule has 0 saturated carbocycles. The molecule has 0 saturated heterocycles. The van der Waals surface area contributed by atoms with Gasteiger partial charge in [-0.05, 0) is 89.6 Å². The van der Waals surface area contributed by atoms with Gasteiger partial charge in [0.05, 0.1) is 11.4 Å². The molecule has 0 aliphatic heterocycles. The van der Waals surface area contributed by atoms with E-state index in [2.05, 4.69) is 164 Å². The van der Waals surface area contributed by atoms with Crippen molar-refractivity contribution in [3.05, 3.63) is 151 Å². The van der Waals surface area contributed by atoms with E-state index in [1.165, 1.54) is 81.6 Å². The van der Waals surface area contributed by atoms with E-state index in [4.69, 9.17) is 0 Å². The van der Waals surface area contributed by atoms with E-state index in [-0.39, 0.29) is 0 Å². The highest BCUT2D eigenvalue weighted by molar-refractivity contribution is 6.33. The van der Waals surface area contributed by atoms with Gasteiger partial charge in [0.1, 0.15) is 0 Å². The van der Waals surface area contributed by atoms with Crippen LogP contribution in [0.25, 0.3) is 64.6 Å². The van der Waals surface area contributed by atoms with Gasteiger partial charge in [0.15, 0.2) is 0 Å². The molecule has 0 heterocycles. The van der Waals surface area contributed by atoms with Gasteiger partial charge in [0, 0.05) is 16.5 Å². The molecule has 0 atom stereocenters. The van der Waals surface area contributed by atoms with Crippen LogP contribution in [0, 0.1) is 0 Å². The summed E-state index contributed by atoms with van der Waals surface area (Å²) in [5, 5.41) is 15.5. The Bertz CT molecular complexity index is 2450. The molecule has 0 radical (unpaired) electrons. The molecular formula is C43H31N. The summed E-state index contributed by atoms with van der Waals surface area (Å²) in [4.78, 5) is 2.48. The Morgan fingerprint density at radius 2 is 0.841 bits per heavy atom. The predicted molar refractivity (Wildman–Crippen MR) is 191 cm³/mol. The van der Waals surface area contributed by atoms with Crippen LogP contribution in [0.5, 0.6) is 0 Å². The second-order valence-electron chi connectivity index (χ2n) is 12.4. The fourth-order valence-corrected chi connectivity index (χ4v) is 7.41. The summed E-state index contributed by atoms with van der Waals surface area (Å²) in [5.41, 5.74) is 4.91. The van der Waals surface area contributed by atoms with Crippen molar-refractivity contribution in [1.29, 1.82) is 0 Å². The minimum Gasteiger partial charge on any atom is -0.309 e. The fourth-order valence-electron chi connectivity index (χ4n) is 7.41. The van der Waals surface area contributed by atoms with Gasteiger partial charge < -0.3 is 4.90 Å². The Labute approximate surface area is 256 Å². The average molecular weight is 562 g/mol. The number of benzene rings is 9. The monoisotopic (exact) mass is 561 g/mol. The maximum Gasteiger partial charge on any atom is 0.0540 e. The molecule has 0 amide bonds. The largest absolute Gasteiger partial charge is 0.309 e. The lowest BCUT2D eigenvalue weighted by Gasteiger charge is -2.29. The SMILES string of the molecule is CC(C)c1cc2cccc3c4cc(N(c5cccc6ccccc56)c5cccc6ccccc56)cc5cccc(c(c1)c23)c54. The van der Waals surface area contributed by atoms with E-state index in [0.29, 0.717) is 5.92 Å². The highest BCUT2D eigenvalue weighted by Crippen LogP contribution is 2.47. The Balaban J connectivity index is 1.43. The number of anilines is 3. The average Bonchev–Trinajstić information content (AvgIpc) is 3.07. The van der Waals surface area contributed by atoms with Crippen LogP contribution in [-0.2, 0) is 0 Å². The molecule has 0 aromatic heterocycles. The zero-order chi connectivity index (χ0) is 29.4. The first-order valence-electron chi connectivity index (χ1n) is 15.6. The molecule has 208 valence electrons. The summed E-state index contributed by atoms with van der Waals surface area (Å²) in [7, 11) is 0. The van der Waals surface area contributed by atoms with Crippen molar-refractivity contribution < 1.29 is 0 Å². The van der Waals surface area contributed by atoms with Crippen molar-refractivity contribution in [3.63, 3.8) is 0 Å². The van der Waals surface area contributed by atoms with E-state index in [1.807, 2.05) is 0 Å². The van der Waals surface area contributed by atoms with Crippen molar-refractivity contribution in [1.82, 2.24) is 0 Å². The van der Waals surface area contributed by atoms with Gasteiger partial charge in [-0.25, -0.2) is 0 Å². The standard InChI is InChI=1S/C43H31N/c1-27(2)32-23-30-15-7-20-37-39-26-33(24-31-16-8-19-36(43(31)39)38(25-32)42(30)37)44(40-21-9-13-28-11-3-5-17-34(28)40)41-22-10-14-29-12-4-6-18-35(29)41/h3-27H,1-2H3. The molecule has 0 spiro atoms. The third-order valence-electron chi connectivity index (χ3n) is 9.48. The highest BCUT2D eigenvalue weighted by atomic mass is 15.1. The summed E-state index contributed by atoms with van der Waals surface area (Å²) in [5.74, 6) is 0.470. The van der Waals surface area contributed by atoms with Gasteiger partial charge in [-0.1, -0.05) is 135 Å². The van der Waals surface area contributed by atoms with Crippen LogP contribution in [0.15, 0.2) is 146 Å². The molecule has 0 N–H and O–H groups in total. The Hall–Kier alpha value is -5.40. The first kappa shape index (κ1) is 25.1. The molecule has 0 unspecified atom stereocenters. The summed E-state index contributed by atoms with van der Waals surface area (Å²) >= 11 is 0. The van der Waals surface area contributed by atoms with Gasteiger partial charge >= 0.3 is 0 Å². The first-order chi connectivity index (χ1) is 21.7. The quantitative estimate of drug-likeness (QED) is 0.153. The number of fused-ring (bicyclic) bond motifs is 4. The minimum absolute atomic E-state index is 0.470. The molecule has 0 aliphatic carbocycles. The molecule has 0 bridgehead atoms. The molecule has 0 aliphatic rings. The lowest BCUT2D eigenvalue weighted by atomic mass is 9.87. The Kier molecular flexibility index (Phi) is 5.46. The fraction of sp³-hybridized carbons (Fsp3) is 0.0698. The lowest BCUT2D eigenvalue weighted by molar-refractivity contribution is 0.870. The molecular weight excluding hydrogens is 530 g/mol. The van der Waals surface area contributed by atoms with Crippen molar-refractivity contribution >= 4 is 81.7 Å². The van der Waals surface area contributed by atoms with Crippen molar-refractivity contribution in [2.45, 2.75) is 19.8 Å². The molecule has 9 aromatic carbocycles.